The Hall–Kier alpha value is -0.200. The average Bonchev–Trinajstić information content (AvgIpc) is 2.26. The molecule has 0 aliphatic rings. The van der Waals surface area contributed by atoms with Crippen LogP contribution in [-0.2, 0) is 14.2 Å². The molecule has 0 heterocycles. The quantitative estimate of drug-likeness (QED) is 0.591. The minimum Gasteiger partial charge on any atom is -0.388 e. The van der Waals surface area contributed by atoms with E-state index < -0.39 is 6.10 Å². The van der Waals surface area contributed by atoms with E-state index in [1.165, 1.54) is 0 Å². The number of hydrogen-bond donors (Lipinski definition) is 2. The Balaban J connectivity index is 3.56. The molecule has 5 nitrogen and oxygen atoms in total. The molecule has 0 fully saturated rings. The fourth-order valence-corrected chi connectivity index (χ4v) is 1.14. The minimum atomic E-state index is -0.623. The van der Waals surface area contributed by atoms with E-state index in [0.29, 0.717) is 13.2 Å². The van der Waals surface area contributed by atoms with Gasteiger partial charge < -0.3 is 25.1 Å². The van der Waals surface area contributed by atoms with Crippen molar-refractivity contribution in [1.82, 2.24) is 0 Å². The van der Waals surface area contributed by atoms with Crippen LogP contribution in [0.2, 0.25) is 0 Å². The summed E-state index contributed by atoms with van der Waals surface area (Å²) < 4.78 is 15.6. The summed E-state index contributed by atoms with van der Waals surface area (Å²) in [5.41, 5.74) is 5.58. The van der Waals surface area contributed by atoms with Crippen molar-refractivity contribution in [1.29, 1.82) is 0 Å². The number of nitrogens with two attached hydrogens (primary N) is 1. The summed E-state index contributed by atoms with van der Waals surface area (Å²) in [4.78, 5) is 0. The monoisotopic (exact) mass is 249 g/mol. The first-order valence-electron chi connectivity index (χ1n) is 6.06. The molecule has 0 aliphatic carbocycles. The Morgan fingerprint density at radius 2 is 1.94 bits per heavy atom. The maximum absolute atomic E-state index is 9.60. The van der Waals surface area contributed by atoms with Crippen molar-refractivity contribution in [2.75, 3.05) is 33.5 Å². The molecule has 17 heavy (non-hydrogen) atoms. The third kappa shape index (κ3) is 9.50. The molecule has 0 aliphatic heterocycles. The molecular formula is C12H27NO4. The van der Waals surface area contributed by atoms with Gasteiger partial charge in [-0.3, -0.25) is 0 Å². The standard InChI is InChI=1S/C12H27NO4/c1-5-12(3,13)9-16-7-11(14)8-17-10(2)6-15-4/h10-11,14H,5-9,13H2,1-4H3. The first-order chi connectivity index (χ1) is 7.91. The second-order valence-corrected chi connectivity index (χ2v) is 4.78. The maximum atomic E-state index is 9.60. The highest BCUT2D eigenvalue weighted by Gasteiger charge is 2.16. The smallest absolute Gasteiger partial charge is 0.101 e. The van der Waals surface area contributed by atoms with Crippen molar-refractivity contribution in [3.8, 4) is 0 Å². The van der Waals surface area contributed by atoms with E-state index in [1.54, 1.807) is 7.11 Å². The zero-order valence-corrected chi connectivity index (χ0v) is 11.4. The van der Waals surface area contributed by atoms with Crippen LogP contribution < -0.4 is 5.73 Å². The second kappa shape index (κ2) is 8.83. The lowest BCUT2D eigenvalue weighted by Crippen LogP contribution is -2.41. The van der Waals surface area contributed by atoms with Crippen LogP contribution in [0.5, 0.6) is 0 Å². The molecule has 0 saturated heterocycles. The van der Waals surface area contributed by atoms with Gasteiger partial charge in [0.1, 0.15) is 6.10 Å². The van der Waals surface area contributed by atoms with Gasteiger partial charge in [0, 0.05) is 12.6 Å². The van der Waals surface area contributed by atoms with Crippen LogP contribution in [0, 0.1) is 0 Å². The molecule has 0 amide bonds. The Labute approximate surface area is 104 Å². The van der Waals surface area contributed by atoms with Gasteiger partial charge in [-0.05, 0) is 20.3 Å². The molecular weight excluding hydrogens is 222 g/mol. The maximum Gasteiger partial charge on any atom is 0.101 e. The van der Waals surface area contributed by atoms with Gasteiger partial charge in [0.25, 0.3) is 0 Å². The predicted molar refractivity (Wildman–Crippen MR) is 67.0 cm³/mol. The molecule has 0 radical (unpaired) electrons. The van der Waals surface area contributed by atoms with Gasteiger partial charge >= 0.3 is 0 Å². The number of ether oxygens (including phenoxy) is 3. The fraction of sp³-hybridized carbons (Fsp3) is 1.00. The van der Waals surface area contributed by atoms with E-state index >= 15 is 0 Å². The van der Waals surface area contributed by atoms with E-state index in [4.69, 9.17) is 19.9 Å². The molecule has 0 saturated carbocycles. The zero-order valence-electron chi connectivity index (χ0n) is 11.4. The lowest BCUT2D eigenvalue weighted by atomic mass is 10.0. The molecule has 3 unspecified atom stereocenters. The number of aliphatic hydroxyl groups is 1. The van der Waals surface area contributed by atoms with Crippen LogP contribution in [0.3, 0.4) is 0 Å². The highest BCUT2D eigenvalue weighted by Crippen LogP contribution is 2.05. The topological polar surface area (TPSA) is 73.9 Å². The fourth-order valence-electron chi connectivity index (χ4n) is 1.14. The highest BCUT2D eigenvalue weighted by molar-refractivity contribution is 4.75. The number of hydrogen-bond acceptors (Lipinski definition) is 5. The Bertz CT molecular complexity index is 187. The molecule has 0 rings (SSSR count). The average molecular weight is 249 g/mol. The third-order valence-electron chi connectivity index (χ3n) is 2.52. The number of methoxy groups -OCH3 is 1. The third-order valence-corrected chi connectivity index (χ3v) is 2.52. The summed E-state index contributed by atoms with van der Waals surface area (Å²) in [6, 6.07) is 0. The Morgan fingerprint density at radius 3 is 2.47 bits per heavy atom. The molecule has 0 aromatic rings. The lowest BCUT2D eigenvalue weighted by Gasteiger charge is -2.23. The molecule has 3 N–H and O–H groups in total. The highest BCUT2D eigenvalue weighted by atomic mass is 16.5. The molecule has 0 aromatic heterocycles. The minimum absolute atomic E-state index is 0.0231. The zero-order chi connectivity index (χ0) is 13.3. The van der Waals surface area contributed by atoms with Crippen LogP contribution >= 0.6 is 0 Å². The van der Waals surface area contributed by atoms with Crippen molar-refractivity contribution in [2.24, 2.45) is 5.73 Å². The van der Waals surface area contributed by atoms with Crippen molar-refractivity contribution in [2.45, 2.75) is 44.9 Å². The van der Waals surface area contributed by atoms with Crippen LogP contribution in [0.25, 0.3) is 0 Å². The van der Waals surface area contributed by atoms with Crippen LogP contribution in [-0.4, -0.2) is 56.4 Å². The molecule has 5 heteroatoms. The van der Waals surface area contributed by atoms with Crippen molar-refractivity contribution in [3.63, 3.8) is 0 Å². The van der Waals surface area contributed by atoms with Gasteiger partial charge in [0.2, 0.25) is 0 Å². The van der Waals surface area contributed by atoms with Gasteiger partial charge in [-0.1, -0.05) is 6.92 Å². The molecule has 0 bridgehead atoms. The summed E-state index contributed by atoms with van der Waals surface area (Å²) >= 11 is 0. The Morgan fingerprint density at radius 1 is 1.29 bits per heavy atom. The normalized spacial score (nSPS) is 18.7. The van der Waals surface area contributed by atoms with Gasteiger partial charge in [-0.25, -0.2) is 0 Å². The van der Waals surface area contributed by atoms with E-state index in [2.05, 4.69) is 0 Å². The van der Waals surface area contributed by atoms with Crippen LogP contribution in [0.1, 0.15) is 27.2 Å². The first-order valence-corrected chi connectivity index (χ1v) is 6.06. The summed E-state index contributed by atoms with van der Waals surface area (Å²) in [6.45, 7) is 7.28. The van der Waals surface area contributed by atoms with Gasteiger partial charge in [-0.15, -0.1) is 0 Å². The van der Waals surface area contributed by atoms with Gasteiger partial charge in [0.15, 0.2) is 0 Å². The SMILES string of the molecule is CCC(C)(N)COCC(O)COC(C)COC. The second-order valence-electron chi connectivity index (χ2n) is 4.78. The predicted octanol–water partition coefficient (Wildman–Crippen LogP) is 0.543. The summed E-state index contributed by atoms with van der Waals surface area (Å²) in [5, 5.41) is 9.60. The van der Waals surface area contributed by atoms with Crippen LogP contribution in [0.15, 0.2) is 0 Å². The van der Waals surface area contributed by atoms with Crippen molar-refractivity contribution < 1.29 is 19.3 Å². The van der Waals surface area contributed by atoms with Gasteiger partial charge in [0.05, 0.1) is 32.5 Å². The largest absolute Gasteiger partial charge is 0.388 e. The van der Waals surface area contributed by atoms with E-state index in [1.807, 2.05) is 20.8 Å². The molecule has 0 aromatic carbocycles. The Kier molecular flexibility index (Phi) is 8.72. The van der Waals surface area contributed by atoms with Crippen molar-refractivity contribution in [3.05, 3.63) is 0 Å². The molecule has 104 valence electrons. The van der Waals surface area contributed by atoms with Gasteiger partial charge in [-0.2, -0.15) is 0 Å². The summed E-state index contributed by atoms with van der Waals surface area (Å²) in [7, 11) is 1.62. The van der Waals surface area contributed by atoms with E-state index in [9.17, 15) is 5.11 Å². The summed E-state index contributed by atoms with van der Waals surface area (Å²) in [5.74, 6) is 0. The van der Waals surface area contributed by atoms with E-state index in [0.717, 1.165) is 6.42 Å². The molecule has 3 atom stereocenters. The first kappa shape index (κ1) is 16.8. The van der Waals surface area contributed by atoms with Crippen LogP contribution in [0.4, 0.5) is 0 Å². The van der Waals surface area contributed by atoms with Crippen molar-refractivity contribution >= 4 is 0 Å². The molecule has 0 spiro atoms. The lowest BCUT2D eigenvalue weighted by molar-refractivity contribution is -0.0609. The van der Waals surface area contributed by atoms with E-state index in [-0.39, 0.29) is 24.9 Å². The number of aliphatic hydroxyl groups excluding tert-OH is 1. The number of rotatable bonds is 10. The summed E-state index contributed by atoms with van der Waals surface area (Å²) in [6.07, 6.45) is 0.191.